The van der Waals surface area contributed by atoms with Gasteiger partial charge in [-0.05, 0) is 68.1 Å². The smallest absolute Gasteiger partial charge is 0.162 e. The fraction of sp³-hybridized carbons (Fsp3) is 0.429. The molecule has 0 atom stereocenters. The van der Waals surface area contributed by atoms with Gasteiger partial charge in [0, 0.05) is 22.6 Å². The highest BCUT2D eigenvalue weighted by Crippen LogP contribution is 2.34. The number of hydrogen-bond donors (Lipinski definition) is 2. The van der Waals surface area contributed by atoms with Crippen LogP contribution in [0.1, 0.15) is 37.3 Å². The van der Waals surface area contributed by atoms with E-state index in [0.717, 1.165) is 53.7 Å². The highest BCUT2D eigenvalue weighted by atomic mass is 79.9. The Morgan fingerprint density at radius 2 is 1.78 bits per heavy atom. The molecule has 148 valence electrons. The van der Waals surface area contributed by atoms with Gasteiger partial charge in [0.15, 0.2) is 11.5 Å². The summed E-state index contributed by atoms with van der Waals surface area (Å²) in [6, 6.07) is 11.6. The summed E-state index contributed by atoms with van der Waals surface area (Å²) in [6.45, 7) is 4.92. The summed E-state index contributed by atoms with van der Waals surface area (Å²) < 4.78 is 12.7. The maximum Gasteiger partial charge on any atom is 0.162 e. The molecule has 2 rings (SSSR count). The summed E-state index contributed by atoms with van der Waals surface area (Å²) in [7, 11) is 0. The second-order valence-corrected chi connectivity index (χ2v) is 7.49. The molecule has 0 unspecified atom stereocenters. The molecule has 0 radical (unpaired) electrons. The van der Waals surface area contributed by atoms with Gasteiger partial charge in [-0.3, -0.25) is 0 Å². The lowest BCUT2D eigenvalue weighted by atomic mass is 10.2. The molecule has 0 fully saturated rings. The molecule has 0 aromatic heterocycles. The van der Waals surface area contributed by atoms with Crippen LogP contribution < -0.4 is 14.8 Å². The second-order valence-electron chi connectivity index (χ2n) is 6.20. The molecule has 6 heteroatoms. The maximum absolute atomic E-state index is 8.81. The SMILES string of the molecule is CCOc1cc(CNCCCCCO)c(Br)cc1OCc1ccc(Cl)cc1. The number of benzene rings is 2. The molecule has 0 bridgehead atoms. The third-order valence-electron chi connectivity index (χ3n) is 4.05. The highest BCUT2D eigenvalue weighted by molar-refractivity contribution is 9.10. The van der Waals surface area contributed by atoms with Crippen molar-refractivity contribution in [2.75, 3.05) is 19.8 Å². The predicted molar refractivity (Wildman–Crippen MR) is 114 cm³/mol. The minimum absolute atomic E-state index is 0.265. The van der Waals surface area contributed by atoms with Crippen LogP contribution in [0.4, 0.5) is 0 Å². The summed E-state index contributed by atoms with van der Waals surface area (Å²) in [4.78, 5) is 0. The third-order valence-corrected chi connectivity index (χ3v) is 5.04. The lowest BCUT2D eigenvalue weighted by molar-refractivity contribution is 0.269. The molecule has 4 nitrogen and oxygen atoms in total. The van der Waals surface area contributed by atoms with Crippen LogP contribution in [-0.4, -0.2) is 24.9 Å². The Morgan fingerprint density at radius 1 is 1.04 bits per heavy atom. The highest BCUT2D eigenvalue weighted by Gasteiger charge is 2.11. The number of unbranched alkanes of at least 4 members (excludes halogenated alkanes) is 2. The van der Waals surface area contributed by atoms with Crippen molar-refractivity contribution in [2.24, 2.45) is 0 Å². The number of halogens is 2. The fourth-order valence-electron chi connectivity index (χ4n) is 2.60. The van der Waals surface area contributed by atoms with Crippen LogP contribution in [0.5, 0.6) is 11.5 Å². The molecule has 0 spiro atoms. The van der Waals surface area contributed by atoms with Gasteiger partial charge in [0.25, 0.3) is 0 Å². The Balaban J connectivity index is 1.98. The quantitative estimate of drug-likeness (QED) is 0.424. The number of nitrogens with one attached hydrogen (secondary N) is 1. The van der Waals surface area contributed by atoms with Crippen molar-refractivity contribution in [3.63, 3.8) is 0 Å². The molecule has 0 saturated heterocycles. The van der Waals surface area contributed by atoms with E-state index in [1.807, 2.05) is 43.3 Å². The Bertz CT molecular complexity index is 695. The van der Waals surface area contributed by atoms with Gasteiger partial charge in [0.2, 0.25) is 0 Å². The first kappa shape index (κ1) is 22.0. The molecule has 2 aromatic rings. The molecule has 2 aromatic carbocycles. The first-order valence-corrected chi connectivity index (χ1v) is 10.4. The van der Waals surface area contributed by atoms with E-state index in [1.165, 1.54) is 0 Å². The van der Waals surface area contributed by atoms with Crippen LogP contribution in [0.3, 0.4) is 0 Å². The van der Waals surface area contributed by atoms with Gasteiger partial charge < -0.3 is 19.9 Å². The number of hydrogen-bond acceptors (Lipinski definition) is 4. The first-order chi connectivity index (χ1) is 13.1. The average Bonchev–Trinajstić information content (AvgIpc) is 2.67. The summed E-state index contributed by atoms with van der Waals surface area (Å²) in [5.74, 6) is 1.46. The molecule has 27 heavy (non-hydrogen) atoms. The largest absolute Gasteiger partial charge is 0.490 e. The molecular weight excluding hydrogens is 430 g/mol. The summed E-state index contributed by atoms with van der Waals surface area (Å²) in [6.07, 6.45) is 2.95. The van der Waals surface area contributed by atoms with E-state index in [4.69, 9.17) is 26.2 Å². The Morgan fingerprint density at radius 3 is 2.48 bits per heavy atom. The minimum Gasteiger partial charge on any atom is -0.490 e. The lowest BCUT2D eigenvalue weighted by Gasteiger charge is -2.15. The summed E-state index contributed by atoms with van der Waals surface area (Å²) in [5.41, 5.74) is 2.17. The maximum atomic E-state index is 8.81. The monoisotopic (exact) mass is 455 g/mol. The van der Waals surface area contributed by atoms with E-state index in [1.54, 1.807) is 0 Å². The van der Waals surface area contributed by atoms with Gasteiger partial charge in [-0.25, -0.2) is 0 Å². The zero-order valence-corrected chi connectivity index (χ0v) is 18.0. The normalized spacial score (nSPS) is 10.8. The Hall–Kier alpha value is -1.27. The van der Waals surface area contributed by atoms with Crippen molar-refractivity contribution < 1.29 is 14.6 Å². The van der Waals surface area contributed by atoms with Gasteiger partial charge in [0.1, 0.15) is 6.61 Å². The van der Waals surface area contributed by atoms with Gasteiger partial charge in [-0.15, -0.1) is 0 Å². The molecule has 0 saturated carbocycles. The van der Waals surface area contributed by atoms with Crippen LogP contribution >= 0.6 is 27.5 Å². The molecule has 0 aliphatic rings. The number of rotatable bonds is 12. The number of ether oxygens (including phenoxy) is 2. The molecule has 2 N–H and O–H groups in total. The lowest BCUT2D eigenvalue weighted by Crippen LogP contribution is -2.15. The van der Waals surface area contributed by atoms with Crippen LogP contribution in [0.15, 0.2) is 40.9 Å². The van der Waals surface area contributed by atoms with E-state index >= 15 is 0 Å². The van der Waals surface area contributed by atoms with Crippen LogP contribution in [0, 0.1) is 0 Å². The Labute approximate surface area is 175 Å². The summed E-state index contributed by atoms with van der Waals surface area (Å²) in [5, 5.41) is 13.0. The van der Waals surface area contributed by atoms with Gasteiger partial charge in [-0.2, -0.15) is 0 Å². The zero-order chi connectivity index (χ0) is 19.5. The molecule has 0 aliphatic heterocycles. The average molecular weight is 457 g/mol. The molecule has 0 heterocycles. The van der Waals surface area contributed by atoms with Crippen LogP contribution in [-0.2, 0) is 13.2 Å². The third kappa shape index (κ3) is 7.70. The van der Waals surface area contributed by atoms with Crippen molar-refractivity contribution in [3.8, 4) is 11.5 Å². The van der Waals surface area contributed by atoms with Gasteiger partial charge in [-0.1, -0.05) is 39.7 Å². The molecular formula is C21H27BrClNO3. The predicted octanol–water partition coefficient (Wildman–Crippen LogP) is 5.33. The molecule has 0 amide bonds. The number of aliphatic hydroxyl groups excluding tert-OH is 1. The van der Waals surface area contributed by atoms with E-state index in [2.05, 4.69) is 21.2 Å². The fourth-order valence-corrected chi connectivity index (χ4v) is 3.19. The van der Waals surface area contributed by atoms with E-state index in [9.17, 15) is 0 Å². The van der Waals surface area contributed by atoms with Crippen molar-refractivity contribution in [1.29, 1.82) is 0 Å². The standard InChI is InChI=1S/C21H27BrClNO3/c1-2-26-20-12-17(14-24-10-4-3-5-11-25)19(22)13-21(20)27-15-16-6-8-18(23)9-7-16/h6-9,12-13,24-25H,2-5,10-11,14-15H2,1H3. The van der Waals surface area contributed by atoms with Crippen molar-refractivity contribution >= 4 is 27.5 Å². The topological polar surface area (TPSA) is 50.7 Å². The zero-order valence-electron chi connectivity index (χ0n) is 15.6. The van der Waals surface area contributed by atoms with Crippen molar-refractivity contribution in [3.05, 3.63) is 57.0 Å². The second kappa shape index (κ2) is 12.2. The van der Waals surface area contributed by atoms with Crippen LogP contribution in [0.25, 0.3) is 0 Å². The van der Waals surface area contributed by atoms with Crippen molar-refractivity contribution in [1.82, 2.24) is 5.32 Å². The van der Waals surface area contributed by atoms with E-state index in [0.29, 0.717) is 24.0 Å². The van der Waals surface area contributed by atoms with E-state index in [-0.39, 0.29) is 6.61 Å². The van der Waals surface area contributed by atoms with Crippen molar-refractivity contribution in [2.45, 2.75) is 39.3 Å². The summed E-state index contributed by atoms with van der Waals surface area (Å²) >= 11 is 9.56. The minimum atomic E-state index is 0.265. The Kier molecular flexibility index (Phi) is 9.98. The van der Waals surface area contributed by atoms with Gasteiger partial charge in [0.05, 0.1) is 6.61 Å². The first-order valence-electron chi connectivity index (χ1n) is 9.28. The van der Waals surface area contributed by atoms with E-state index < -0.39 is 0 Å². The molecule has 0 aliphatic carbocycles. The van der Waals surface area contributed by atoms with Crippen LogP contribution in [0.2, 0.25) is 5.02 Å². The van der Waals surface area contributed by atoms with Gasteiger partial charge >= 0.3 is 0 Å². The number of aliphatic hydroxyl groups is 1.